The molecule has 1 aromatic carbocycles. The lowest BCUT2D eigenvalue weighted by molar-refractivity contribution is -0.180. The summed E-state index contributed by atoms with van der Waals surface area (Å²) in [5.74, 6) is -1.42. The van der Waals surface area contributed by atoms with Crippen molar-refractivity contribution in [1.82, 2.24) is 9.80 Å². The second kappa shape index (κ2) is 8.60. The fourth-order valence-corrected chi connectivity index (χ4v) is 6.47. The topological polar surface area (TPSA) is 70.2 Å². The van der Waals surface area contributed by atoms with E-state index in [4.69, 9.17) is 4.74 Å². The van der Waals surface area contributed by atoms with Crippen molar-refractivity contribution in [3.05, 3.63) is 30.3 Å². The minimum absolute atomic E-state index is 0.102. The first-order chi connectivity index (χ1) is 15.5. The standard InChI is InChI=1S/C25H33N3O4/c1-2-32-25-10-9-19(20(29)17-25)21-22(25)24(31)28(23(21)30)12-6-11-26-13-15-27(16-14-26)18-7-4-3-5-8-18/h3-5,7-8,19,21-22H,2,6,9-17H2,1H3/t19-,21-,22+,25-/m1/s1. The van der Waals surface area contributed by atoms with Gasteiger partial charge >= 0.3 is 0 Å². The van der Waals surface area contributed by atoms with Crippen LogP contribution < -0.4 is 4.90 Å². The second-order valence-corrected chi connectivity index (χ2v) is 9.64. The van der Waals surface area contributed by atoms with E-state index in [1.807, 2.05) is 13.0 Å². The smallest absolute Gasteiger partial charge is 0.236 e. The Hall–Kier alpha value is -2.25. The van der Waals surface area contributed by atoms with Crippen molar-refractivity contribution >= 4 is 23.3 Å². The lowest BCUT2D eigenvalue weighted by atomic mass is 9.56. The van der Waals surface area contributed by atoms with Crippen molar-refractivity contribution in [2.45, 2.75) is 38.2 Å². The van der Waals surface area contributed by atoms with Crippen molar-refractivity contribution in [2.75, 3.05) is 50.8 Å². The molecular weight excluding hydrogens is 406 g/mol. The van der Waals surface area contributed by atoms with Gasteiger partial charge in [-0.3, -0.25) is 24.2 Å². The van der Waals surface area contributed by atoms with Crippen LogP contribution in [0.3, 0.4) is 0 Å². The summed E-state index contributed by atoms with van der Waals surface area (Å²) in [5.41, 5.74) is 0.496. The molecule has 2 amide bonds. The van der Waals surface area contributed by atoms with E-state index in [0.717, 1.165) is 39.1 Å². The third-order valence-corrected chi connectivity index (χ3v) is 7.99. The van der Waals surface area contributed by atoms with E-state index in [1.54, 1.807) is 0 Å². The average molecular weight is 440 g/mol. The van der Waals surface area contributed by atoms with E-state index in [2.05, 4.69) is 34.1 Å². The van der Waals surface area contributed by atoms with E-state index >= 15 is 0 Å². The minimum atomic E-state index is -0.763. The molecule has 7 heteroatoms. The number of anilines is 1. The zero-order valence-corrected chi connectivity index (χ0v) is 18.9. The van der Waals surface area contributed by atoms with Crippen LogP contribution in [0.25, 0.3) is 0 Å². The first-order valence-electron chi connectivity index (χ1n) is 12.1. The Morgan fingerprint density at radius 2 is 1.75 bits per heavy atom. The second-order valence-electron chi connectivity index (χ2n) is 9.64. The molecule has 6 rings (SSSR count). The highest BCUT2D eigenvalue weighted by Crippen LogP contribution is 2.55. The summed E-state index contributed by atoms with van der Waals surface area (Å²) in [6.07, 6.45) is 2.42. The number of hydrogen-bond acceptors (Lipinski definition) is 6. The van der Waals surface area contributed by atoms with Crippen molar-refractivity contribution in [3.8, 4) is 0 Å². The predicted octanol–water partition coefficient (Wildman–Crippen LogP) is 1.96. The molecule has 0 spiro atoms. The van der Waals surface area contributed by atoms with Crippen LogP contribution in [0, 0.1) is 17.8 Å². The molecule has 3 saturated carbocycles. The number of nitrogens with zero attached hydrogens (tertiary/aromatic N) is 3. The predicted molar refractivity (Wildman–Crippen MR) is 120 cm³/mol. The lowest BCUT2D eigenvalue weighted by Gasteiger charge is -2.50. The molecule has 32 heavy (non-hydrogen) atoms. The highest BCUT2D eigenvalue weighted by atomic mass is 16.5. The molecule has 5 fully saturated rings. The summed E-state index contributed by atoms with van der Waals surface area (Å²) in [5, 5.41) is 0. The molecule has 0 N–H and O–H groups in total. The van der Waals surface area contributed by atoms with E-state index in [-0.39, 0.29) is 29.9 Å². The number of hydrogen-bond donors (Lipinski definition) is 0. The monoisotopic (exact) mass is 439 g/mol. The van der Waals surface area contributed by atoms with Crippen LogP contribution in [0.15, 0.2) is 30.3 Å². The molecule has 5 aliphatic rings. The zero-order valence-electron chi connectivity index (χ0n) is 18.9. The van der Waals surface area contributed by atoms with Gasteiger partial charge in [-0.25, -0.2) is 0 Å². The van der Waals surface area contributed by atoms with Gasteiger partial charge in [-0.1, -0.05) is 18.2 Å². The number of carbonyl (C=O) groups is 3. The van der Waals surface area contributed by atoms with Crippen molar-refractivity contribution in [2.24, 2.45) is 17.8 Å². The molecule has 2 heterocycles. The third-order valence-electron chi connectivity index (χ3n) is 7.99. The number of Topliss-reactive ketones (excluding diaryl/α,β-unsaturated/α-hetero) is 1. The molecule has 4 atom stereocenters. The van der Waals surface area contributed by atoms with Gasteiger partial charge in [-0.2, -0.15) is 0 Å². The molecule has 3 aliphatic carbocycles. The molecule has 0 unspecified atom stereocenters. The molecule has 0 aromatic heterocycles. The van der Waals surface area contributed by atoms with Crippen molar-refractivity contribution in [1.29, 1.82) is 0 Å². The van der Waals surface area contributed by atoms with Gasteiger partial charge in [0.1, 0.15) is 5.78 Å². The summed E-state index contributed by atoms with van der Waals surface area (Å²) in [6.45, 7) is 7.58. The fourth-order valence-electron chi connectivity index (χ4n) is 6.47. The minimum Gasteiger partial charge on any atom is -0.374 e. The fraction of sp³-hybridized carbons (Fsp3) is 0.640. The van der Waals surface area contributed by atoms with Crippen LogP contribution in [0.4, 0.5) is 5.69 Å². The van der Waals surface area contributed by atoms with Gasteiger partial charge in [0.15, 0.2) is 0 Å². The number of likely N-dealkylation sites (tertiary alicyclic amines) is 1. The maximum absolute atomic E-state index is 13.3. The number of rotatable bonds is 7. The Labute approximate surface area is 189 Å². The van der Waals surface area contributed by atoms with Gasteiger partial charge in [0, 0.05) is 57.4 Å². The molecular formula is C25H33N3O4. The average Bonchev–Trinajstić information content (AvgIpc) is 3.07. The van der Waals surface area contributed by atoms with Gasteiger partial charge in [0.05, 0.1) is 17.4 Å². The maximum atomic E-state index is 13.3. The van der Waals surface area contributed by atoms with Crippen molar-refractivity contribution in [3.63, 3.8) is 0 Å². The highest BCUT2D eigenvalue weighted by Gasteiger charge is 2.67. The number of ether oxygens (including phenoxy) is 1. The van der Waals surface area contributed by atoms with Crippen LogP contribution in [0.5, 0.6) is 0 Å². The van der Waals surface area contributed by atoms with Crippen LogP contribution in [-0.2, 0) is 19.1 Å². The first-order valence-corrected chi connectivity index (χ1v) is 12.1. The summed E-state index contributed by atoms with van der Waals surface area (Å²) in [6, 6.07) is 10.5. The maximum Gasteiger partial charge on any atom is 0.236 e. The van der Waals surface area contributed by atoms with Gasteiger partial charge < -0.3 is 9.64 Å². The SMILES string of the molecule is CCO[C@]12CC[C@H](C(=O)C1)[C@H]1C(=O)N(CCCN3CCN(c4ccccc4)CC3)C(=O)[C@H]12. The highest BCUT2D eigenvalue weighted by molar-refractivity contribution is 6.09. The molecule has 0 radical (unpaired) electrons. The molecule has 1 aromatic rings. The van der Waals surface area contributed by atoms with Crippen molar-refractivity contribution < 1.29 is 19.1 Å². The quantitative estimate of drug-likeness (QED) is 0.605. The molecule has 2 bridgehead atoms. The number of amides is 2. The Kier molecular flexibility index (Phi) is 5.80. The lowest BCUT2D eigenvalue weighted by Crippen LogP contribution is -2.59. The number of piperazine rings is 1. The summed E-state index contributed by atoms with van der Waals surface area (Å²) in [4.78, 5) is 45.4. The van der Waals surface area contributed by atoms with Crippen LogP contribution >= 0.6 is 0 Å². The van der Waals surface area contributed by atoms with Crippen LogP contribution in [0.1, 0.15) is 32.6 Å². The Bertz CT molecular complexity index is 878. The number of benzene rings is 1. The molecule has 7 nitrogen and oxygen atoms in total. The number of ketones is 1. The zero-order chi connectivity index (χ0) is 22.3. The summed E-state index contributed by atoms with van der Waals surface area (Å²) >= 11 is 0. The Morgan fingerprint density at radius 1 is 1.00 bits per heavy atom. The van der Waals surface area contributed by atoms with Crippen LogP contribution in [0.2, 0.25) is 0 Å². The summed E-state index contributed by atoms with van der Waals surface area (Å²) in [7, 11) is 0. The van der Waals surface area contributed by atoms with Gasteiger partial charge in [-0.15, -0.1) is 0 Å². The van der Waals surface area contributed by atoms with Gasteiger partial charge in [-0.05, 0) is 44.9 Å². The van der Waals surface area contributed by atoms with E-state index in [1.165, 1.54) is 10.6 Å². The molecule has 2 aliphatic heterocycles. The molecule has 2 saturated heterocycles. The van der Waals surface area contributed by atoms with Gasteiger partial charge in [0.25, 0.3) is 0 Å². The number of imide groups is 1. The number of fused-ring (bicyclic) bond motifs is 2. The third kappa shape index (κ3) is 3.55. The Morgan fingerprint density at radius 3 is 2.44 bits per heavy atom. The summed E-state index contributed by atoms with van der Waals surface area (Å²) < 4.78 is 6.02. The van der Waals surface area contributed by atoms with E-state index in [9.17, 15) is 14.4 Å². The number of carbonyl (C=O) groups excluding carboxylic acids is 3. The Balaban J connectivity index is 1.17. The van der Waals surface area contributed by atoms with Crippen LogP contribution in [-0.4, -0.2) is 78.9 Å². The largest absolute Gasteiger partial charge is 0.374 e. The normalized spacial score (nSPS) is 32.7. The number of para-hydroxylation sites is 1. The van der Waals surface area contributed by atoms with E-state index < -0.39 is 17.4 Å². The molecule has 172 valence electrons. The van der Waals surface area contributed by atoms with Gasteiger partial charge in [0.2, 0.25) is 11.8 Å². The first kappa shape index (κ1) is 21.6. The van der Waals surface area contributed by atoms with E-state index in [0.29, 0.717) is 26.0 Å².